The number of fused-ring (bicyclic) bond motifs is 1. The lowest BCUT2D eigenvalue weighted by atomic mass is 10.1. The minimum Gasteiger partial charge on any atom is -0.451 e. The van der Waals surface area contributed by atoms with Crippen molar-refractivity contribution >= 4 is 22.7 Å². The van der Waals surface area contributed by atoms with Crippen LogP contribution >= 0.6 is 0 Å². The van der Waals surface area contributed by atoms with Gasteiger partial charge in [0.25, 0.3) is 0 Å². The zero-order chi connectivity index (χ0) is 16.2. The van der Waals surface area contributed by atoms with Crippen LogP contribution in [0.2, 0.25) is 0 Å². The van der Waals surface area contributed by atoms with E-state index in [0.29, 0.717) is 22.0 Å². The number of benzene rings is 2. The number of Topliss-reactive ketones (excluding diaryl/α,β-unsaturated/α-hetero) is 1. The second-order valence-corrected chi connectivity index (χ2v) is 5.15. The van der Waals surface area contributed by atoms with E-state index >= 15 is 0 Å². The fourth-order valence-corrected chi connectivity index (χ4v) is 2.40. The monoisotopic (exact) mass is 305 g/mol. The molecule has 4 heteroatoms. The van der Waals surface area contributed by atoms with E-state index in [9.17, 15) is 9.59 Å². The quantitative estimate of drug-likeness (QED) is 0.545. The fourth-order valence-electron chi connectivity index (χ4n) is 2.40. The number of aromatic nitrogens is 1. The van der Waals surface area contributed by atoms with E-state index in [1.807, 2.05) is 18.2 Å². The van der Waals surface area contributed by atoms with Crippen LogP contribution in [0.15, 0.2) is 66.9 Å². The summed E-state index contributed by atoms with van der Waals surface area (Å²) < 4.78 is 5.34. The molecule has 0 saturated carbocycles. The van der Waals surface area contributed by atoms with Crippen molar-refractivity contribution in [3.05, 3.63) is 78.0 Å². The highest BCUT2D eigenvalue weighted by molar-refractivity contribution is 6.05. The van der Waals surface area contributed by atoms with Gasteiger partial charge in [-0.25, -0.2) is 4.79 Å². The zero-order valence-corrected chi connectivity index (χ0v) is 12.6. The summed E-state index contributed by atoms with van der Waals surface area (Å²) in [5, 5.41) is 0.708. The Morgan fingerprint density at radius 1 is 0.957 bits per heavy atom. The summed E-state index contributed by atoms with van der Waals surface area (Å²) in [7, 11) is 0. The molecular formula is C19H15NO3. The molecule has 1 unspecified atom stereocenters. The Kier molecular flexibility index (Phi) is 4.15. The van der Waals surface area contributed by atoms with Crippen LogP contribution in [0.1, 0.15) is 27.6 Å². The van der Waals surface area contributed by atoms with Gasteiger partial charge in [0.2, 0.25) is 5.78 Å². The lowest BCUT2D eigenvalue weighted by Gasteiger charge is -2.13. The van der Waals surface area contributed by atoms with E-state index in [1.54, 1.807) is 55.6 Å². The molecule has 0 fully saturated rings. The van der Waals surface area contributed by atoms with Gasteiger partial charge in [-0.1, -0.05) is 42.5 Å². The molecule has 2 aromatic carbocycles. The van der Waals surface area contributed by atoms with Crippen LogP contribution in [0.25, 0.3) is 10.9 Å². The van der Waals surface area contributed by atoms with Crippen molar-refractivity contribution in [2.24, 2.45) is 0 Å². The Morgan fingerprint density at radius 3 is 2.52 bits per heavy atom. The lowest BCUT2D eigenvalue weighted by Crippen LogP contribution is -2.24. The zero-order valence-electron chi connectivity index (χ0n) is 12.6. The van der Waals surface area contributed by atoms with Gasteiger partial charge in [0.05, 0.1) is 11.1 Å². The number of carbonyl (C=O) groups excluding carboxylic acids is 2. The summed E-state index contributed by atoms with van der Waals surface area (Å²) in [6.07, 6.45) is 0.816. The van der Waals surface area contributed by atoms with Crippen LogP contribution in [-0.4, -0.2) is 22.8 Å². The second kappa shape index (κ2) is 6.40. The number of ketones is 1. The number of hydrogen-bond donors (Lipinski definition) is 0. The minimum atomic E-state index is -0.850. The van der Waals surface area contributed by atoms with Gasteiger partial charge >= 0.3 is 5.97 Å². The first-order valence-electron chi connectivity index (χ1n) is 7.31. The molecule has 3 rings (SSSR count). The number of nitrogens with zero attached hydrogens (tertiary/aromatic N) is 1. The number of hydrogen-bond acceptors (Lipinski definition) is 4. The molecule has 0 N–H and O–H groups in total. The standard InChI is InChI=1S/C19H15NO3/c1-13(18(21)14-7-3-2-4-8-14)23-19(22)16-9-5-11-17-15(16)10-6-12-20-17/h2-13H,1H3. The molecule has 0 saturated heterocycles. The molecule has 1 aromatic heterocycles. The molecule has 4 nitrogen and oxygen atoms in total. The first kappa shape index (κ1) is 14.9. The first-order chi connectivity index (χ1) is 11.2. The highest BCUT2D eigenvalue weighted by Gasteiger charge is 2.21. The fraction of sp³-hybridized carbons (Fsp3) is 0.105. The molecule has 0 aliphatic carbocycles. The smallest absolute Gasteiger partial charge is 0.339 e. The molecule has 0 radical (unpaired) electrons. The average Bonchev–Trinajstić information content (AvgIpc) is 2.61. The molecule has 23 heavy (non-hydrogen) atoms. The maximum Gasteiger partial charge on any atom is 0.339 e. The Bertz CT molecular complexity index is 853. The third-order valence-corrected chi connectivity index (χ3v) is 3.58. The highest BCUT2D eigenvalue weighted by Crippen LogP contribution is 2.18. The third-order valence-electron chi connectivity index (χ3n) is 3.58. The van der Waals surface area contributed by atoms with Crippen molar-refractivity contribution in [3.63, 3.8) is 0 Å². The van der Waals surface area contributed by atoms with Crippen molar-refractivity contribution in [2.75, 3.05) is 0 Å². The van der Waals surface area contributed by atoms with Gasteiger partial charge in [-0.3, -0.25) is 9.78 Å². The number of esters is 1. The number of pyridine rings is 1. The maximum atomic E-state index is 12.4. The van der Waals surface area contributed by atoms with E-state index in [4.69, 9.17) is 4.74 Å². The predicted octanol–water partition coefficient (Wildman–Crippen LogP) is 3.66. The highest BCUT2D eigenvalue weighted by atomic mass is 16.5. The van der Waals surface area contributed by atoms with Crippen molar-refractivity contribution in [1.29, 1.82) is 0 Å². The molecule has 0 aliphatic rings. The minimum absolute atomic E-state index is 0.225. The molecule has 114 valence electrons. The molecule has 0 aliphatic heterocycles. The molecule has 1 atom stereocenters. The van der Waals surface area contributed by atoms with Crippen LogP contribution in [0.4, 0.5) is 0 Å². The topological polar surface area (TPSA) is 56.3 Å². The number of ether oxygens (including phenoxy) is 1. The summed E-state index contributed by atoms with van der Waals surface area (Å²) in [6, 6.07) is 17.6. The van der Waals surface area contributed by atoms with Gasteiger partial charge in [-0.2, -0.15) is 0 Å². The summed E-state index contributed by atoms with van der Waals surface area (Å²) in [5.74, 6) is -0.752. The SMILES string of the molecule is CC(OC(=O)c1cccc2ncccc12)C(=O)c1ccccc1. The molecule has 1 heterocycles. The normalized spacial score (nSPS) is 11.9. The second-order valence-electron chi connectivity index (χ2n) is 5.15. The third kappa shape index (κ3) is 3.11. The number of carbonyl (C=O) groups is 2. The maximum absolute atomic E-state index is 12.4. The summed E-state index contributed by atoms with van der Waals surface area (Å²) >= 11 is 0. The van der Waals surface area contributed by atoms with Gasteiger partial charge in [-0.05, 0) is 25.1 Å². The Hall–Kier alpha value is -3.01. The van der Waals surface area contributed by atoms with E-state index in [-0.39, 0.29) is 5.78 Å². The van der Waals surface area contributed by atoms with Crippen molar-refractivity contribution in [2.45, 2.75) is 13.0 Å². The van der Waals surface area contributed by atoms with E-state index in [2.05, 4.69) is 4.98 Å². The largest absolute Gasteiger partial charge is 0.451 e. The van der Waals surface area contributed by atoms with Gasteiger partial charge in [0, 0.05) is 17.1 Å². The van der Waals surface area contributed by atoms with Crippen molar-refractivity contribution in [3.8, 4) is 0 Å². The average molecular weight is 305 g/mol. The van der Waals surface area contributed by atoms with Crippen LogP contribution in [-0.2, 0) is 4.74 Å². The van der Waals surface area contributed by atoms with E-state index in [0.717, 1.165) is 0 Å². The van der Waals surface area contributed by atoms with Crippen molar-refractivity contribution < 1.29 is 14.3 Å². The van der Waals surface area contributed by atoms with Gasteiger partial charge in [0.15, 0.2) is 6.10 Å². The Labute approximate surface area is 133 Å². The van der Waals surface area contributed by atoms with Crippen LogP contribution in [0.3, 0.4) is 0 Å². The first-order valence-corrected chi connectivity index (χ1v) is 7.31. The van der Waals surface area contributed by atoms with Gasteiger partial charge in [-0.15, -0.1) is 0 Å². The molecule has 3 aromatic rings. The molecule has 0 amide bonds. The van der Waals surface area contributed by atoms with E-state index < -0.39 is 12.1 Å². The van der Waals surface area contributed by atoms with Crippen molar-refractivity contribution in [1.82, 2.24) is 4.98 Å². The summed E-state index contributed by atoms with van der Waals surface area (Å²) in [5.41, 5.74) is 1.64. The summed E-state index contributed by atoms with van der Waals surface area (Å²) in [4.78, 5) is 28.9. The molecule has 0 spiro atoms. The Morgan fingerprint density at radius 2 is 1.74 bits per heavy atom. The predicted molar refractivity (Wildman–Crippen MR) is 87.4 cm³/mol. The number of rotatable bonds is 4. The van der Waals surface area contributed by atoms with Gasteiger partial charge < -0.3 is 4.74 Å². The Balaban J connectivity index is 1.82. The van der Waals surface area contributed by atoms with E-state index in [1.165, 1.54) is 0 Å². The van der Waals surface area contributed by atoms with Crippen LogP contribution in [0, 0.1) is 0 Å². The molecule has 0 bridgehead atoms. The molecular weight excluding hydrogens is 290 g/mol. The lowest BCUT2D eigenvalue weighted by molar-refractivity contribution is 0.0321. The van der Waals surface area contributed by atoms with Gasteiger partial charge in [0.1, 0.15) is 0 Å². The van der Waals surface area contributed by atoms with Crippen LogP contribution < -0.4 is 0 Å². The summed E-state index contributed by atoms with van der Waals surface area (Å²) in [6.45, 7) is 1.58. The van der Waals surface area contributed by atoms with Crippen LogP contribution in [0.5, 0.6) is 0 Å².